The molecular weight excluding hydrogens is 428 g/mol. The molecule has 2 aromatic rings. The molecule has 0 fully saturated rings. The van der Waals surface area contributed by atoms with Crippen LogP contribution in [-0.2, 0) is 17.7 Å². The molecule has 8 heteroatoms. The monoisotopic (exact) mass is 454 g/mol. The van der Waals surface area contributed by atoms with Gasteiger partial charge in [0.1, 0.15) is 5.00 Å². The standard InChI is InChI=1S/C21H26N2O3S2.ClH/c1-5-26-21(25)18-14-10-11-23(13(2)3)12-17(14)28-20(18)22-19(24)15-8-6-7-9-16(15)27-4;/h6-9,13H,5,10-12H2,1-4H3,(H,22,24);1H. The third-order valence-electron chi connectivity index (χ3n) is 4.87. The zero-order valence-corrected chi connectivity index (χ0v) is 19.6. The van der Waals surface area contributed by atoms with Crippen molar-refractivity contribution in [2.45, 2.75) is 44.7 Å². The zero-order chi connectivity index (χ0) is 20.3. The van der Waals surface area contributed by atoms with Crippen LogP contribution in [0, 0.1) is 0 Å². The molecule has 0 radical (unpaired) electrons. The van der Waals surface area contributed by atoms with E-state index >= 15 is 0 Å². The molecule has 1 N–H and O–H groups in total. The molecule has 1 aliphatic rings. The number of esters is 1. The second kappa shape index (κ2) is 10.5. The van der Waals surface area contributed by atoms with Crippen LogP contribution in [0.3, 0.4) is 0 Å². The summed E-state index contributed by atoms with van der Waals surface area (Å²) < 4.78 is 5.30. The lowest BCUT2D eigenvalue weighted by Crippen LogP contribution is -2.35. The van der Waals surface area contributed by atoms with Crippen molar-refractivity contribution < 1.29 is 14.3 Å². The summed E-state index contributed by atoms with van der Waals surface area (Å²) in [5.41, 5.74) is 2.16. The highest BCUT2D eigenvalue weighted by Gasteiger charge is 2.30. The molecular formula is C21H27ClN2O3S2. The lowest BCUT2D eigenvalue weighted by atomic mass is 10.0. The quantitative estimate of drug-likeness (QED) is 0.486. The van der Waals surface area contributed by atoms with Crippen molar-refractivity contribution in [3.8, 4) is 0 Å². The highest BCUT2D eigenvalue weighted by Crippen LogP contribution is 2.38. The van der Waals surface area contributed by atoms with Crippen LogP contribution in [0.5, 0.6) is 0 Å². The molecule has 0 saturated heterocycles. The third-order valence-corrected chi connectivity index (χ3v) is 6.80. The van der Waals surface area contributed by atoms with Crippen LogP contribution in [0.2, 0.25) is 0 Å². The van der Waals surface area contributed by atoms with Crippen LogP contribution < -0.4 is 5.32 Å². The van der Waals surface area contributed by atoms with E-state index in [1.54, 1.807) is 13.0 Å². The smallest absolute Gasteiger partial charge is 0.341 e. The van der Waals surface area contributed by atoms with E-state index in [9.17, 15) is 9.59 Å². The number of nitrogens with one attached hydrogen (secondary N) is 1. The van der Waals surface area contributed by atoms with Gasteiger partial charge in [0, 0.05) is 28.9 Å². The summed E-state index contributed by atoms with van der Waals surface area (Å²) in [6, 6.07) is 7.93. The third kappa shape index (κ3) is 5.15. The number of rotatable bonds is 6. The van der Waals surface area contributed by atoms with Gasteiger partial charge in [-0.25, -0.2) is 4.79 Å². The second-order valence-corrected chi connectivity index (χ2v) is 8.85. The van der Waals surface area contributed by atoms with E-state index in [-0.39, 0.29) is 24.3 Å². The van der Waals surface area contributed by atoms with Gasteiger partial charge in [0.25, 0.3) is 5.91 Å². The minimum absolute atomic E-state index is 0. The van der Waals surface area contributed by atoms with E-state index in [4.69, 9.17) is 4.74 Å². The molecule has 0 aliphatic carbocycles. The fraction of sp³-hybridized carbons (Fsp3) is 0.429. The first-order chi connectivity index (χ1) is 13.5. The summed E-state index contributed by atoms with van der Waals surface area (Å²) in [6.07, 6.45) is 2.73. The molecule has 0 spiro atoms. The van der Waals surface area contributed by atoms with Gasteiger partial charge in [0.15, 0.2) is 0 Å². The lowest BCUT2D eigenvalue weighted by Gasteiger charge is -2.30. The van der Waals surface area contributed by atoms with Crippen molar-refractivity contribution in [1.29, 1.82) is 0 Å². The number of nitrogens with zero attached hydrogens (tertiary/aromatic N) is 1. The number of hydrogen-bond donors (Lipinski definition) is 1. The van der Waals surface area contributed by atoms with Crippen molar-refractivity contribution in [2.75, 3.05) is 24.7 Å². The Bertz CT molecular complexity index is 883. The van der Waals surface area contributed by atoms with E-state index in [1.165, 1.54) is 23.1 Å². The zero-order valence-electron chi connectivity index (χ0n) is 17.1. The van der Waals surface area contributed by atoms with E-state index in [1.807, 2.05) is 24.5 Å². The minimum atomic E-state index is -0.355. The van der Waals surface area contributed by atoms with Gasteiger partial charge in [-0.3, -0.25) is 9.69 Å². The molecule has 158 valence electrons. The van der Waals surface area contributed by atoms with Crippen molar-refractivity contribution in [3.63, 3.8) is 0 Å². The number of carbonyl (C=O) groups excluding carboxylic acids is 2. The average molecular weight is 455 g/mol. The van der Waals surface area contributed by atoms with Crippen molar-refractivity contribution >= 4 is 52.4 Å². The molecule has 1 aromatic heterocycles. The molecule has 0 bridgehead atoms. The van der Waals surface area contributed by atoms with Crippen LogP contribution in [0.1, 0.15) is 51.9 Å². The lowest BCUT2D eigenvalue weighted by molar-refractivity contribution is 0.0526. The van der Waals surface area contributed by atoms with Gasteiger partial charge in [0.2, 0.25) is 0 Å². The Morgan fingerprint density at radius 3 is 2.69 bits per heavy atom. The van der Waals surface area contributed by atoms with Gasteiger partial charge < -0.3 is 10.1 Å². The van der Waals surface area contributed by atoms with Crippen LogP contribution in [0.4, 0.5) is 5.00 Å². The maximum atomic E-state index is 12.9. The molecule has 0 unspecified atom stereocenters. The number of anilines is 1. The van der Waals surface area contributed by atoms with E-state index < -0.39 is 0 Å². The molecule has 1 aromatic carbocycles. The van der Waals surface area contributed by atoms with Crippen molar-refractivity contribution in [3.05, 3.63) is 45.8 Å². The fourth-order valence-electron chi connectivity index (χ4n) is 3.37. The van der Waals surface area contributed by atoms with E-state index in [2.05, 4.69) is 24.1 Å². The summed E-state index contributed by atoms with van der Waals surface area (Å²) >= 11 is 3.02. The summed E-state index contributed by atoms with van der Waals surface area (Å²) in [7, 11) is 0. The topological polar surface area (TPSA) is 58.6 Å². The first-order valence-electron chi connectivity index (χ1n) is 9.46. The highest BCUT2D eigenvalue weighted by molar-refractivity contribution is 7.98. The first-order valence-corrected chi connectivity index (χ1v) is 11.5. The van der Waals surface area contributed by atoms with Gasteiger partial charge >= 0.3 is 5.97 Å². The molecule has 0 saturated carbocycles. The second-order valence-electron chi connectivity index (χ2n) is 6.90. The number of ether oxygens (including phenoxy) is 1. The maximum Gasteiger partial charge on any atom is 0.341 e. The minimum Gasteiger partial charge on any atom is -0.462 e. The predicted octanol–water partition coefficient (Wildman–Crippen LogP) is 5.09. The number of carbonyl (C=O) groups is 2. The largest absolute Gasteiger partial charge is 0.462 e. The number of fused-ring (bicyclic) bond motifs is 1. The number of thioether (sulfide) groups is 1. The summed E-state index contributed by atoms with van der Waals surface area (Å²) in [6.45, 7) is 8.14. The summed E-state index contributed by atoms with van der Waals surface area (Å²) in [5.74, 6) is -0.554. The van der Waals surface area contributed by atoms with Crippen molar-refractivity contribution in [2.24, 2.45) is 0 Å². The van der Waals surface area contributed by atoms with Crippen LogP contribution in [0.15, 0.2) is 29.2 Å². The summed E-state index contributed by atoms with van der Waals surface area (Å²) in [5, 5.41) is 3.58. The Balaban J connectivity index is 0.00000300. The molecule has 1 amide bonds. The average Bonchev–Trinajstić information content (AvgIpc) is 3.04. The molecule has 1 aliphatic heterocycles. The van der Waals surface area contributed by atoms with Gasteiger partial charge in [-0.05, 0) is 51.1 Å². The van der Waals surface area contributed by atoms with E-state index in [0.717, 1.165) is 34.8 Å². The SMILES string of the molecule is CCOC(=O)c1c(NC(=O)c2ccccc2SC)sc2c1CCN(C(C)C)C2.Cl. The number of halogens is 1. The van der Waals surface area contributed by atoms with E-state index in [0.29, 0.717) is 28.8 Å². The van der Waals surface area contributed by atoms with Gasteiger partial charge in [-0.2, -0.15) is 0 Å². The normalized spacial score (nSPS) is 13.6. The van der Waals surface area contributed by atoms with Gasteiger partial charge in [-0.1, -0.05) is 12.1 Å². The van der Waals surface area contributed by atoms with Crippen LogP contribution >= 0.6 is 35.5 Å². The maximum absolute atomic E-state index is 12.9. The Labute approximate surface area is 186 Å². The Morgan fingerprint density at radius 2 is 2.03 bits per heavy atom. The molecule has 0 atom stereocenters. The highest BCUT2D eigenvalue weighted by atomic mass is 35.5. The number of hydrogen-bond acceptors (Lipinski definition) is 6. The molecule has 29 heavy (non-hydrogen) atoms. The van der Waals surface area contributed by atoms with Crippen LogP contribution in [0.25, 0.3) is 0 Å². The predicted molar refractivity (Wildman–Crippen MR) is 123 cm³/mol. The molecule has 5 nitrogen and oxygen atoms in total. The number of amides is 1. The van der Waals surface area contributed by atoms with Crippen molar-refractivity contribution in [1.82, 2.24) is 4.90 Å². The van der Waals surface area contributed by atoms with Crippen LogP contribution in [-0.4, -0.2) is 42.2 Å². The fourth-order valence-corrected chi connectivity index (χ4v) is 5.23. The number of thiophene rings is 1. The molecule has 3 rings (SSSR count). The van der Waals surface area contributed by atoms with Gasteiger partial charge in [-0.15, -0.1) is 35.5 Å². The Hall–Kier alpha value is -1.54. The van der Waals surface area contributed by atoms with Gasteiger partial charge in [0.05, 0.1) is 17.7 Å². The summed E-state index contributed by atoms with van der Waals surface area (Å²) in [4.78, 5) is 30.0. The molecule has 2 heterocycles. The Kier molecular flexibility index (Phi) is 8.58. The number of benzene rings is 1. The first kappa shape index (κ1) is 23.7. The Morgan fingerprint density at radius 1 is 1.31 bits per heavy atom.